The summed E-state index contributed by atoms with van der Waals surface area (Å²) in [5, 5.41) is 2.93. The molecule has 0 atom stereocenters. The first-order chi connectivity index (χ1) is 15.2. The number of hydrogen-bond acceptors (Lipinski definition) is 5. The van der Waals surface area contributed by atoms with E-state index in [1.54, 1.807) is 30.2 Å². The van der Waals surface area contributed by atoms with Gasteiger partial charge in [0.1, 0.15) is 10.8 Å². The minimum absolute atomic E-state index is 0.0783. The summed E-state index contributed by atoms with van der Waals surface area (Å²) < 4.78 is 40.2. The molecule has 0 aliphatic heterocycles. The first-order valence-corrected chi connectivity index (χ1v) is 10.4. The number of carbonyl (C=O) groups is 1. The number of pyridine rings is 1. The molecule has 1 aliphatic carbocycles. The Hall–Kier alpha value is -3.01. The van der Waals surface area contributed by atoms with Crippen LogP contribution in [0, 0.1) is 0 Å². The lowest BCUT2D eigenvalue weighted by Gasteiger charge is -2.36. The fraction of sp³-hybridized carbons (Fsp3) is 0.381. The molecule has 1 N–H and O–H groups in total. The monoisotopic (exact) mass is 466 g/mol. The van der Waals surface area contributed by atoms with Gasteiger partial charge in [-0.25, -0.2) is 15.0 Å². The number of halogens is 4. The second kappa shape index (κ2) is 9.64. The van der Waals surface area contributed by atoms with Gasteiger partial charge in [-0.15, -0.1) is 0 Å². The van der Waals surface area contributed by atoms with Gasteiger partial charge in [0, 0.05) is 25.4 Å². The highest BCUT2D eigenvalue weighted by Crippen LogP contribution is 2.38. The number of rotatable bonds is 4. The molecule has 0 radical (unpaired) electrons. The van der Waals surface area contributed by atoms with Crippen molar-refractivity contribution in [3.05, 3.63) is 59.2 Å². The number of aryl methyl sites for hydroxylation is 1. The van der Waals surface area contributed by atoms with Gasteiger partial charge in [-0.05, 0) is 36.5 Å². The normalized spacial score (nSPS) is 17.7. The number of nitrogens with zero attached hydrogens (tertiary/aromatic N) is 5. The number of hydrogen-bond donors (Lipinski definition) is 1. The molecule has 3 heterocycles. The van der Waals surface area contributed by atoms with Gasteiger partial charge >= 0.3 is 6.18 Å². The minimum Gasteiger partial charge on any atom is -0.347 e. The SMILES string of the molecule is CC.Cn1cncc1-c1cc(Cl)nc(C(=O)NC2CC(c3ccnc(C(F)(F)F)c3)C2)n1. The Morgan fingerprint density at radius 2 is 1.94 bits per heavy atom. The van der Waals surface area contributed by atoms with Crippen molar-refractivity contribution >= 4 is 17.5 Å². The first kappa shape index (κ1) is 23.6. The van der Waals surface area contributed by atoms with Crippen LogP contribution in [0.3, 0.4) is 0 Å². The summed E-state index contributed by atoms with van der Waals surface area (Å²) in [4.78, 5) is 28.2. The number of imidazole rings is 1. The van der Waals surface area contributed by atoms with Crippen LogP contribution in [0.25, 0.3) is 11.4 Å². The van der Waals surface area contributed by atoms with E-state index in [0.717, 1.165) is 12.3 Å². The van der Waals surface area contributed by atoms with Crippen molar-refractivity contribution in [3.8, 4) is 11.4 Å². The lowest BCUT2D eigenvalue weighted by molar-refractivity contribution is -0.141. The summed E-state index contributed by atoms with van der Waals surface area (Å²) in [7, 11) is 1.79. The molecule has 3 aromatic heterocycles. The van der Waals surface area contributed by atoms with Gasteiger partial charge in [-0.2, -0.15) is 13.2 Å². The maximum atomic E-state index is 12.8. The molecule has 3 aromatic rings. The van der Waals surface area contributed by atoms with Crippen LogP contribution in [0.5, 0.6) is 0 Å². The third-order valence-corrected chi connectivity index (χ3v) is 5.19. The van der Waals surface area contributed by atoms with E-state index < -0.39 is 17.8 Å². The highest BCUT2D eigenvalue weighted by Gasteiger charge is 2.36. The zero-order valence-corrected chi connectivity index (χ0v) is 18.4. The van der Waals surface area contributed by atoms with Gasteiger partial charge in [0.25, 0.3) is 5.91 Å². The summed E-state index contributed by atoms with van der Waals surface area (Å²) in [6.45, 7) is 4.00. The van der Waals surface area contributed by atoms with Crippen LogP contribution in [0.1, 0.15) is 54.5 Å². The van der Waals surface area contributed by atoms with E-state index in [1.807, 2.05) is 13.8 Å². The molecular formula is C21H22ClF3N6O. The lowest BCUT2D eigenvalue weighted by Crippen LogP contribution is -2.44. The summed E-state index contributed by atoms with van der Waals surface area (Å²) >= 11 is 6.04. The quantitative estimate of drug-likeness (QED) is 0.566. The molecule has 0 bridgehead atoms. The largest absolute Gasteiger partial charge is 0.433 e. The van der Waals surface area contributed by atoms with Crippen molar-refractivity contribution in [2.45, 2.75) is 44.8 Å². The molecule has 1 saturated carbocycles. The van der Waals surface area contributed by atoms with Gasteiger partial charge in [-0.3, -0.25) is 9.78 Å². The molecule has 11 heteroatoms. The number of aromatic nitrogens is 5. The van der Waals surface area contributed by atoms with Gasteiger partial charge < -0.3 is 9.88 Å². The van der Waals surface area contributed by atoms with E-state index in [9.17, 15) is 18.0 Å². The zero-order chi connectivity index (χ0) is 23.5. The predicted molar refractivity (Wildman–Crippen MR) is 113 cm³/mol. The topological polar surface area (TPSA) is 85.6 Å². The van der Waals surface area contributed by atoms with E-state index in [1.165, 1.54) is 6.07 Å². The third kappa shape index (κ3) is 5.24. The number of carbonyl (C=O) groups excluding carboxylic acids is 1. The van der Waals surface area contributed by atoms with Gasteiger partial charge in [-0.1, -0.05) is 25.4 Å². The maximum Gasteiger partial charge on any atom is 0.433 e. The molecule has 0 spiro atoms. The Morgan fingerprint density at radius 1 is 1.22 bits per heavy atom. The molecule has 32 heavy (non-hydrogen) atoms. The summed E-state index contributed by atoms with van der Waals surface area (Å²) in [5.41, 5.74) is 0.779. The fourth-order valence-corrected chi connectivity index (χ4v) is 3.55. The average molecular weight is 467 g/mol. The molecular weight excluding hydrogens is 445 g/mol. The van der Waals surface area contributed by atoms with E-state index >= 15 is 0 Å². The fourth-order valence-electron chi connectivity index (χ4n) is 3.37. The van der Waals surface area contributed by atoms with Crippen LogP contribution in [0.4, 0.5) is 13.2 Å². The standard InChI is InChI=1S/C19H16ClF3N6O.C2H6/c1-29-9-24-8-14(29)13-7-16(20)28-17(27-13)18(30)26-12-4-11(5-12)10-2-3-25-15(6-10)19(21,22)23;1-2/h2-3,6-9,11-12H,4-5H2,1H3,(H,26,30);1-2H3. The molecule has 170 valence electrons. The summed E-state index contributed by atoms with van der Waals surface area (Å²) in [6.07, 6.45) is 0.904. The molecule has 1 fully saturated rings. The van der Waals surface area contributed by atoms with Crippen LogP contribution >= 0.6 is 11.6 Å². The lowest BCUT2D eigenvalue weighted by atomic mass is 9.76. The molecule has 4 rings (SSSR count). The van der Waals surface area contributed by atoms with Crippen molar-refractivity contribution in [3.63, 3.8) is 0 Å². The molecule has 7 nitrogen and oxygen atoms in total. The van der Waals surface area contributed by atoms with E-state index in [-0.39, 0.29) is 22.9 Å². The second-order valence-corrected chi connectivity index (χ2v) is 7.49. The Balaban J connectivity index is 0.00000141. The van der Waals surface area contributed by atoms with Crippen molar-refractivity contribution < 1.29 is 18.0 Å². The van der Waals surface area contributed by atoms with E-state index in [4.69, 9.17) is 11.6 Å². The summed E-state index contributed by atoms with van der Waals surface area (Å²) in [5.74, 6) is -0.648. The van der Waals surface area contributed by atoms with Gasteiger partial charge in [0.15, 0.2) is 0 Å². The smallest absolute Gasteiger partial charge is 0.347 e. The summed E-state index contributed by atoms with van der Waals surface area (Å²) in [6, 6.07) is 3.98. The number of nitrogens with one attached hydrogen (secondary N) is 1. The second-order valence-electron chi connectivity index (χ2n) is 7.10. The number of amides is 1. The predicted octanol–water partition coefficient (Wildman–Crippen LogP) is 4.65. The zero-order valence-electron chi connectivity index (χ0n) is 17.7. The number of alkyl halides is 3. The van der Waals surface area contributed by atoms with Gasteiger partial charge in [0.05, 0.1) is 23.9 Å². The molecule has 0 aromatic carbocycles. The first-order valence-electron chi connectivity index (χ1n) is 10.1. The molecule has 1 aliphatic rings. The van der Waals surface area contributed by atoms with Crippen LogP contribution in [-0.4, -0.2) is 36.5 Å². The van der Waals surface area contributed by atoms with Crippen LogP contribution < -0.4 is 5.32 Å². The Labute approximate surface area is 188 Å². The Kier molecular flexibility index (Phi) is 7.12. The van der Waals surface area contributed by atoms with Crippen molar-refractivity contribution in [2.24, 2.45) is 7.05 Å². The molecule has 1 amide bonds. The van der Waals surface area contributed by atoms with E-state index in [0.29, 0.717) is 29.8 Å². The van der Waals surface area contributed by atoms with E-state index in [2.05, 4.69) is 25.3 Å². The van der Waals surface area contributed by atoms with Crippen molar-refractivity contribution in [1.29, 1.82) is 0 Å². The third-order valence-electron chi connectivity index (χ3n) is 5.00. The highest BCUT2D eigenvalue weighted by molar-refractivity contribution is 6.29. The Morgan fingerprint density at radius 3 is 2.56 bits per heavy atom. The maximum absolute atomic E-state index is 12.8. The van der Waals surface area contributed by atoms with Crippen LogP contribution in [-0.2, 0) is 13.2 Å². The van der Waals surface area contributed by atoms with Crippen LogP contribution in [0.15, 0.2) is 36.9 Å². The minimum atomic E-state index is -4.48. The molecule has 0 unspecified atom stereocenters. The van der Waals surface area contributed by atoms with Crippen molar-refractivity contribution in [2.75, 3.05) is 0 Å². The van der Waals surface area contributed by atoms with Crippen LogP contribution in [0.2, 0.25) is 5.15 Å². The van der Waals surface area contributed by atoms with Crippen molar-refractivity contribution in [1.82, 2.24) is 29.8 Å². The van der Waals surface area contributed by atoms with Gasteiger partial charge in [0.2, 0.25) is 5.82 Å². The Bertz CT molecular complexity index is 1100. The average Bonchev–Trinajstić information content (AvgIpc) is 3.16. The highest BCUT2D eigenvalue weighted by atomic mass is 35.5. The molecule has 0 saturated heterocycles.